The highest BCUT2D eigenvalue weighted by Gasteiger charge is 2.03. The second kappa shape index (κ2) is 6.01. The number of hydrogen-bond acceptors (Lipinski definition) is 3. The molecule has 0 aliphatic heterocycles. The number of amides is 1. The molecule has 0 saturated carbocycles. The number of rotatable bonds is 3. The summed E-state index contributed by atoms with van der Waals surface area (Å²) >= 11 is 7.78. The van der Waals surface area contributed by atoms with Gasteiger partial charge in [0.15, 0.2) is 3.77 Å². The van der Waals surface area contributed by atoms with E-state index in [2.05, 4.69) is 10.5 Å². The molecule has 0 saturated heterocycles. The molecule has 1 N–H and O–H groups in total. The minimum atomic E-state index is -0.302. The first-order chi connectivity index (χ1) is 8.65. The molecule has 0 radical (unpaired) electrons. The Balaban J connectivity index is 1.96. The van der Waals surface area contributed by atoms with Crippen LogP contribution in [0.3, 0.4) is 0 Å². The average molecular weight is 375 g/mol. The molecule has 0 spiro atoms. The predicted molar refractivity (Wildman–Crippen MR) is 77.9 cm³/mol. The van der Waals surface area contributed by atoms with Gasteiger partial charge in [0.05, 0.1) is 6.21 Å². The van der Waals surface area contributed by atoms with Crippen molar-refractivity contribution in [2.45, 2.75) is 0 Å². The fraction of sp³-hybridized carbons (Fsp3) is 0. The minimum Gasteiger partial charge on any atom is -0.449 e. The molecule has 6 heteroatoms. The lowest BCUT2D eigenvalue weighted by atomic mass is 10.2. The molecule has 0 aliphatic rings. The van der Waals surface area contributed by atoms with Crippen LogP contribution in [0.5, 0.6) is 0 Å². The lowest BCUT2D eigenvalue weighted by Gasteiger charge is -1.98. The summed E-state index contributed by atoms with van der Waals surface area (Å²) in [5, 5.41) is 4.38. The fourth-order valence-electron chi connectivity index (χ4n) is 1.22. The highest BCUT2D eigenvalue weighted by Crippen LogP contribution is 2.09. The van der Waals surface area contributed by atoms with Gasteiger partial charge in [-0.2, -0.15) is 5.10 Å². The first-order valence-electron chi connectivity index (χ1n) is 4.99. The lowest BCUT2D eigenvalue weighted by Crippen LogP contribution is -2.17. The Bertz CT molecular complexity index is 578. The number of halogens is 2. The van der Waals surface area contributed by atoms with Gasteiger partial charge in [-0.1, -0.05) is 11.6 Å². The van der Waals surface area contributed by atoms with Gasteiger partial charge in [-0.15, -0.1) is 0 Å². The highest BCUT2D eigenvalue weighted by atomic mass is 127. The maximum absolute atomic E-state index is 11.7. The Labute approximate surface area is 122 Å². The summed E-state index contributed by atoms with van der Waals surface area (Å²) < 4.78 is 6.02. The van der Waals surface area contributed by atoms with E-state index in [9.17, 15) is 4.79 Å². The number of nitrogens with zero attached hydrogens (tertiary/aromatic N) is 1. The summed E-state index contributed by atoms with van der Waals surface area (Å²) in [6, 6.07) is 10.1. The van der Waals surface area contributed by atoms with Crippen molar-refractivity contribution in [1.82, 2.24) is 5.43 Å². The fourth-order valence-corrected chi connectivity index (χ4v) is 1.78. The number of carbonyl (C=O) groups excluding carboxylic acids is 1. The van der Waals surface area contributed by atoms with E-state index >= 15 is 0 Å². The van der Waals surface area contributed by atoms with Gasteiger partial charge in [0.25, 0.3) is 5.91 Å². The summed E-state index contributed by atoms with van der Waals surface area (Å²) in [7, 11) is 0. The van der Waals surface area contributed by atoms with Crippen LogP contribution in [-0.2, 0) is 0 Å². The van der Waals surface area contributed by atoms with E-state index < -0.39 is 0 Å². The van der Waals surface area contributed by atoms with Crippen molar-refractivity contribution < 1.29 is 9.21 Å². The van der Waals surface area contributed by atoms with Gasteiger partial charge >= 0.3 is 0 Å². The van der Waals surface area contributed by atoms with E-state index in [1.165, 1.54) is 6.21 Å². The zero-order valence-corrected chi connectivity index (χ0v) is 12.0. The summed E-state index contributed by atoms with van der Waals surface area (Å²) in [6.07, 6.45) is 1.44. The summed E-state index contributed by atoms with van der Waals surface area (Å²) in [6.45, 7) is 0. The van der Waals surface area contributed by atoms with Crippen LogP contribution in [0.15, 0.2) is 45.9 Å². The van der Waals surface area contributed by atoms with Crippen LogP contribution in [0.25, 0.3) is 0 Å². The zero-order chi connectivity index (χ0) is 13.0. The number of carbonyl (C=O) groups is 1. The van der Waals surface area contributed by atoms with Gasteiger partial charge in [0.2, 0.25) is 0 Å². The number of benzene rings is 1. The Kier molecular flexibility index (Phi) is 4.38. The lowest BCUT2D eigenvalue weighted by molar-refractivity contribution is 0.0955. The molecule has 0 aliphatic carbocycles. The Morgan fingerprint density at radius 2 is 2.00 bits per heavy atom. The number of hydrogen-bond donors (Lipinski definition) is 1. The predicted octanol–water partition coefficient (Wildman–Crippen LogP) is 3.30. The molecule has 92 valence electrons. The number of hydrazone groups is 1. The maximum Gasteiger partial charge on any atom is 0.271 e. The zero-order valence-electron chi connectivity index (χ0n) is 9.06. The molecule has 1 aromatic carbocycles. The number of nitrogens with one attached hydrogen (secondary N) is 1. The second-order valence-corrected chi connectivity index (χ2v) is 4.85. The summed E-state index contributed by atoms with van der Waals surface area (Å²) in [5.74, 6) is 0.278. The molecule has 0 unspecified atom stereocenters. The van der Waals surface area contributed by atoms with Crippen LogP contribution < -0.4 is 5.43 Å². The van der Waals surface area contributed by atoms with E-state index in [1.807, 2.05) is 28.7 Å². The quantitative estimate of drug-likeness (QED) is 0.509. The van der Waals surface area contributed by atoms with Crippen molar-refractivity contribution in [3.63, 3.8) is 0 Å². The molecule has 0 atom stereocenters. The first kappa shape index (κ1) is 13.1. The molecule has 1 amide bonds. The van der Waals surface area contributed by atoms with Crippen LogP contribution >= 0.6 is 34.2 Å². The van der Waals surface area contributed by atoms with Crippen molar-refractivity contribution in [2.24, 2.45) is 5.10 Å². The molecule has 0 fully saturated rings. The summed E-state index contributed by atoms with van der Waals surface area (Å²) in [5.41, 5.74) is 2.89. The molecule has 2 aromatic rings. The van der Waals surface area contributed by atoms with Crippen LogP contribution in [0.2, 0.25) is 5.02 Å². The third kappa shape index (κ3) is 3.58. The van der Waals surface area contributed by atoms with Gasteiger partial charge in [0, 0.05) is 10.6 Å². The van der Waals surface area contributed by atoms with Gasteiger partial charge in [-0.3, -0.25) is 4.79 Å². The third-order valence-corrected chi connectivity index (χ3v) is 2.89. The van der Waals surface area contributed by atoms with Crippen LogP contribution in [0, 0.1) is 3.77 Å². The normalized spacial score (nSPS) is 10.8. The van der Waals surface area contributed by atoms with Gasteiger partial charge < -0.3 is 4.42 Å². The topological polar surface area (TPSA) is 54.6 Å². The third-order valence-electron chi connectivity index (χ3n) is 2.06. The monoisotopic (exact) mass is 374 g/mol. The average Bonchev–Trinajstić information content (AvgIpc) is 2.76. The molecule has 18 heavy (non-hydrogen) atoms. The molecule has 1 aromatic heterocycles. The van der Waals surface area contributed by atoms with E-state index in [1.54, 1.807) is 30.3 Å². The second-order valence-electron chi connectivity index (χ2n) is 3.35. The summed E-state index contributed by atoms with van der Waals surface area (Å²) in [4.78, 5) is 11.7. The van der Waals surface area contributed by atoms with Crippen molar-refractivity contribution in [2.75, 3.05) is 0 Å². The van der Waals surface area contributed by atoms with Crippen molar-refractivity contribution in [1.29, 1.82) is 0 Å². The molecule has 4 nitrogen and oxygen atoms in total. The van der Waals surface area contributed by atoms with Crippen molar-refractivity contribution >= 4 is 46.3 Å². The van der Waals surface area contributed by atoms with Crippen LogP contribution in [-0.4, -0.2) is 12.1 Å². The first-order valence-corrected chi connectivity index (χ1v) is 6.45. The van der Waals surface area contributed by atoms with E-state index in [4.69, 9.17) is 16.0 Å². The van der Waals surface area contributed by atoms with Gasteiger partial charge in [-0.05, 0) is 59.0 Å². The van der Waals surface area contributed by atoms with Crippen LogP contribution in [0.4, 0.5) is 0 Å². The molecule has 2 rings (SSSR count). The van der Waals surface area contributed by atoms with Gasteiger partial charge in [0.1, 0.15) is 5.76 Å². The SMILES string of the molecule is O=C(N/N=C/c1ccc(I)o1)c1ccc(Cl)cc1. The largest absolute Gasteiger partial charge is 0.449 e. The van der Waals surface area contributed by atoms with E-state index in [0.717, 1.165) is 3.77 Å². The van der Waals surface area contributed by atoms with Crippen molar-refractivity contribution in [3.05, 3.63) is 56.5 Å². The standard InChI is InChI=1S/C12H8ClIN2O2/c13-9-3-1-8(2-4-9)12(17)16-15-7-10-5-6-11(14)18-10/h1-7H,(H,16,17)/b15-7+. The Hall–Kier alpha value is -1.34. The Morgan fingerprint density at radius 1 is 1.28 bits per heavy atom. The smallest absolute Gasteiger partial charge is 0.271 e. The highest BCUT2D eigenvalue weighted by molar-refractivity contribution is 14.1. The molecule has 1 heterocycles. The van der Waals surface area contributed by atoms with Crippen LogP contribution in [0.1, 0.15) is 16.1 Å². The van der Waals surface area contributed by atoms with Crippen molar-refractivity contribution in [3.8, 4) is 0 Å². The minimum absolute atomic E-state index is 0.302. The molecule has 0 bridgehead atoms. The van der Waals surface area contributed by atoms with Gasteiger partial charge in [-0.25, -0.2) is 5.43 Å². The number of furan rings is 1. The van der Waals surface area contributed by atoms with E-state index in [-0.39, 0.29) is 5.91 Å². The molecular weight excluding hydrogens is 367 g/mol. The Morgan fingerprint density at radius 3 is 2.61 bits per heavy atom. The maximum atomic E-state index is 11.7. The van der Waals surface area contributed by atoms with E-state index in [0.29, 0.717) is 16.3 Å². The molecular formula is C12H8ClIN2O2.